The van der Waals surface area contributed by atoms with Crippen LogP contribution in [0, 0.1) is 5.41 Å². The summed E-state index contributed by atoms with van der Waals surface area (Å²) in [5.41, 5.74) is 2.78. The van der Waals surface area contributed by atoms with E-state index in [1.807, 2.05) is 60.7 Å². The lowest BCUT2D eigenvalue weighted by Gasteiger charge is -2.20. The number of hydrogen-bond acceptors (Lipinski definition) is 6. The molecule has 3 aromatic rings. The molecule has 0 aliphatic carbocycles. The first-order valence-corrected chi connectivity index (χ1v) is 11.6. The molecule has 2 aliphatic rings. The van der Waals surface area contributed by atoms with E-state index in [0.29, 0.717) is 22.6 Å². The second kappa shape index (κ2) is 9.13. The molecule has 1 amide bonds. The number of aliphatic imine (C=N–C) groups is 1. The van der Waals surface area contributed by atoms with Gasteiger partial charge in [0, 0.05) is 18.0 Å². The van der Waals surface area contributed by atoms with Gasteiger partial charge in [-0.05, 0) is 69.2 Å². The molecule has 0 fully saturated rings. The van der Waals surface area contributed by atoms with Crippen molar-refractivity contribution in [2.24, 2.45) is 10.1 Å². The van der Waals surface area contributed by atoms with Crippen molar-refractivity contribution in [1.82, 2.24) is 9.99 Å². The number of fused-ring (bicyclic) bond motifs is 1. The normalized spacial score (nSPS) is 16.5. The van der Waals surface area contributed by atoms with Crippen LogP contribution in [0.15, 0.2) is 93.2 Å². The van der Waals surface area contributed by atoms with Crippen molar-refractivity contribution in [2.75, 3.05) is 0 Å². The van der Waals surface area contributed by atoms with Crippen LogP contribution in [-0.4, -0.2) is 31.9 Å². The quantitative estimate of drug-likeness (QED) is 0.476. The largest absolute Gasteiger partial charge is 0.488 e. The number of amides is 1. The van der Waals surface area contributed by atoms with Gasteiger partial charge in [-0.25, -0.2) is 0 Å². The molecule has 33 heavy (non-hydrogen) atoms. The zero-order valence-corrected chi connectivity index (χ0v) is 19.5. The van der Waals surface area contributed by atoms with Gasteiger partial charge in [-0.1, -0.05) is 36.4 Å². The van der Waals surface area contributed by atoms with Gasteiger partial charge in [0.25, 0.3) is 5.91 Å². The summed E-state index contributed by atoms with van der Waals surface area (Å²) in [6.45, 7) is 0.449. The summed E-state index contributed by atoms with van der Waals surface area (Å²) in [5.74, 6) is 0.201. The molecule has 5 rings (SSSR count). The van der Waals surface area contributed by atoms with E-state index in [1.54, 1.807) is 18.5 Å². The van der Waals surface area contributed by atoms with Crippen LogP contribution in [0.1, 0.15) is 16.7 Å². The topological polar surface area (TPSA) is 91.0 Å². The summed E-state index contributed by atoms with van der Waals surface area (Å²) in [6.07, 6.45) is 5.00. The van der Waals surface area contributed by atoms with E-state index in [9.17, 15) is 4.79 Å². The minimum Gasteiger partial charge on any atom is -0.488 e. The van der Waals surface area contributed by atoms with Crippen LogP contribution < -0.4 is 4.74 Å². The second-order valence-corrected chi connectivity index (χ2v) is 8.94. The number of nitrogens with one attached hydrogen (secondary N) is 1. The predicted molar refractivity (Wildman–Crippen MR) is 133 cm³/mol. The highest BCUT2D eigenvalue weighted by atomic mass is 79.9. The fourth-order valence-electron chi connectivity index (χ4n) is 3.22. The first-order valence-electron chi connectivity index (χ1n) is 9.95. The molecule has 0 bridgehead atoms. The number of aromatic nitrogens is 1. The molecule has 2 aromatic carbocycles. The molecule has 0 atom stereocenters. The smallest absolute Gasteiger partial charge is 0.283 e. The van der Waals surface area contributed by atoms with Gasteiger partial charge in [0.1, 0.15) is 17.4 Å². The molecule has 9 heteroatoms. The summed E-state index contributed by atoms with van der Waals surface area (Å²) in [5, 5.41) is 15.4. The Labute approximate surface area is 202 Å². The number of carbonyl (C=O) groups excluding carboxylic acids is 1. The van der Waals surface area contributed by atoms with Gasteiger partial charge in [-0.2, -0.15) is 15.1 Å². The lowest BCUT2D eigenvalue weighted by molar-refractivity contribution is -0.114. The molecule has 1 aromatic heterocycles. The summed E-state index contributed by atoms with van der Waals surface area (Å²) in [6, 6.07) is 19.1. The third-order valence-corrected chi connectivity index (χ3v) is 6.44. The third kappa shape index (κ3) is 4.50. The summed E-state index contributed by atoms with van der Waals surface area (Å²) >= 11 is 4.78. The summed E-state index contributed by atoms with van der Waals surface area (Å²) < 4.78 is 6.64. The fourth-order valence-corrected chi connectivity index (χ4v) is 4.62. The van der Waals surface area contributed by atoms with Gasteiger partial charge in [0.2, 0.25) is 5.17 Å². The molecular weight excluding hydrogens is 502 g/mol. The molecule has 0 spiro atoms. The lowest BCUT2D eigenvalue weighted by atomic mass is 10.1. The third-order valence-electron chi connectivity index (χ3n) is 4.87. The lowest BCUT2D eigenvalue weighted by Crippen LogP contribution is -2.35. The second-order valence-electron chi connectivity index (χ2n) is 7.13. The highest BCUT2D eigenvalue weighted by Crippen LogP contribution is 2.32. The molecule has 2 aliphatic heterocycles. The van der Waals surface area contributed by atoms with E-state index in [-0.39, 0.29) is 11.4 Å². The minimum atomic E-state index is -0.470. The van der Waals surface area contributed by atoms with Crippen molar-refractivity contribution in [1.29, 1.82) is 5.41 Å². The van der Waals surface area contributed by atoms with E-state index in [1.165, 1.54) is 16.8 Å². The number of nitrogens with zero attached hydrogens (tertiary/aromatic N) is 4. The standard InChI is InChI=1S/C24H16BrN5O2S/c25-19-12-16(8-9-20(19)32-14-15-5-2-1-3-6-15)11-18-21(26)30-24(28-22(18)31)33-23(29-30)17-7-4-10-27-13-17/h1-13,26H,14H2. The van der Waals surface area contributed by atoms with Crippen molar-refractivity contribution < 1.29 is 9.53 Å². The van der Waals surface area contributed by atoms with E-state index in [0.717, 1.165) is 21.2 Å². The number of ether oxygens (including phenoxy) is 1. The van der Waals surface area contributed by atoms with Crippen molar-refractivity contribution >= 4 is 55.7 Å². The fraction of sp³-hybridized carbons (Fsp3) is 0.0417. The number of hydrogen-bond donors (Lipinski definition) is 1. The number of benzene rings is 2. The highest BCUT2D eigenvalue weighted by molar-refractivity contribution is 9.10. The SMILES string of the molecule is N=C1C(=Cc2ccc(OCc3ccccc3)c(Br)c2)C(=O)N=C2SC(c3cccnc3)=NN12. The number of halogens is 1. The maximum absolute atomic E-state index is 12.7. The van der Waals surface area contributed by atoms with Crippen LogP contribution in [0.4, 0.5) is 0 Å². The van der Waals surface area contributed by atoms with Crippen molar-refractivity contribution in [3.63, 3.8) is 0 Å². The monoisotopic (exact) mass is 517 g/mol. The Hall–Kier alpha value is -3.56. The number of thioether (sulfide) groups is 1. The molecular formula is C24H16BrN5O2S. The Balaban J connectivity index is 1.36. The van der Waals surface area contributed by atoms with Gasteiger partial charge in [0.05, 0.1) is 10.0 Å². The highest BCUT2D eigenvalue weighted by Gasteiger charge is 2.36. The molecule has 0 radical (unpaired) electrons. The average Bonchev–Trinajstić information content (AvgIpc) is 3.27. The van der Waals surface area contributed by atoms with Crippen molar-refractivity contribution in [3.8, 4) is 5.75 Å². The van der Waals surface area contributed by atoms with Crippen LogP contribution in [0.2, 0.25) is 0 Å². The Morgan fingerprint density at radius 2 is 1.97 bits per heavy atom. The molecule has 7 nitrogen and oxygen atoms in total. The van der Waals surface area contributed by atoms with Gasteiger partial charge >= 0.3 is 0 Å². The summed E-state index contributed by atoms with van der Waals surface area (Å²) in [7, 11) is 0. The van der Waals surface area contributed by atoms with Crippen LogP contribution in [0.3, 0.4) is 0 Å². The van der Waals surface area contributed by atoms with Crippen LogP contribution >= 0.6 is 27.7 Å². The van der Waals surface area contributed by atoms with E-state index in [4.69, 9.17) is 10.1 Å². The Morgan fingerprint density at radius 3 is 2.73 bits per heavy atom. The zero-order valence-electron chi connectivity index (χ0n) is 17.1. The first kappa shape index (κ1) is 21.3. The Kier molecular flexibility index (Phi) is 5.89. The Morgan fingerprint density at radius 1 is 1.12 bits per heavy atom. The average molecular weight is 518 g/mol. The Bertz CT molecular complexity index is 1340. The number of carbonyl (C=O) groups is 1. The number of rotatable bonds is 5. The zero-order chi connectivity index (χ0) is 22.8. The van der Waals surface area contributed by atoms with Gasteiger partial charge in [0.15, 0.2) is 5.84 Å². The molecule has 1 N–H and O–H groups in total. The summed E-state index contributed by atoms with van der Waals surface area (Å²) in [4.78, 5) is 20.9. The first-order chi connectivity index (χ1) is 16.1. The maximum Gasteiger partial charge on any atom is 0.283 e. The van der Waals surface area contributed by atoms with Crippen molar-refractivity contribution in [3.05, 3.63) is 99.8 Å². The van der Waals surface area contributed by atoms with Gasteiger partial charge < -0.3 is 4.74 Å². The molecule has 0 saturated heterocycles. The van der Waals surface area contributed by atoms with Crippen molar-refractivity contribution in [2.45, 2.75) is 6.61 Å². The van der Waals surface area contributed by atoms with Crippen LogP contribution in [0.25, 0.3) is 6.08 Å². The van der Waals surface area contributed by atoms with E-state index < -0.39 is 5.91 Å². The molecule has 0 unspecified atom stereocenters. The minimum absolute atomic E-state index is 0.0167. The van der Waals surface area contributed by atoms with E-state index >= 15 is 0 Å². The van der Waals surface area contributed by atoms with Gasteiger partial charge in [-0.15, -0.1) is 0 Å². The molecule has 162 valence electrons. The number of pyridine rings is 1. The van der Waals surface area contributed by atoms with E-state index in [2.05, 4.69) is 31.0 Å². The number of hydrazone groups is 1. The number of amidine groups is 2. The predicted octanol–water partition coefficient (Wildman–Crippen LogP) is 5.09. The van der Waals surface area contributed by atoms with Crippen LogP contribution in [0.5, 0.6) is 5.75 Å². The van der Waals surface area contributed by atoms with Gasteiger partial charge in [-0.3, -0.25) is 15.2 Å². The van der Waals surface area contributed by atoms with Crippen LogP contribution in [-0.2, 0) is 11.4 Å². The molecule has 0 saturated carbocycles. The molecule has 3 heterocycles. The maximum atomic E-state index is 12.7.